The fourth-order valence-electron chi connectivity index (χ4n) is 4.60. The fraction of sp³-hybridized carbons (Fsp3) is 0.478. The number of nitrogens with two attached hydrogens (primary N) is 1. The lowest BCUT2D eigenvalue weighted by atomic mass is 10.1. The van der Waals surface area contributed by atoms with Gasteiger partial charge in [0.2, 0.25) is 11.9 Å². The second-order valence-corrected chi connectivity index (χ2v) is 9.38. The van der Waals surface area contributed by atoms with Gasteiger partial charge in [-0.05, 0) is 44.0 Å². The number of imidazole rings is 1. The Bertz CT molecular complexity index is 1160. The number of piperidine rings is 1. The van der Waals surface area contributed by atoms with Crippen LogP contribution < -0.4 is 16.0 Å². The average molecular weight is 485 g/mol. The van der Waals surface area contributed by atoms with E-state index in [0.717, 1.165) is 50.5 Å². The van der Waals surface area contributed by atoms with Crippen molar-refractivity contribution in [2.75, 3.05) is 55.3 Å². The molecule has 34 heavy (non-hydrogen) atoms. The van der Waals surface area contributed by atoms with Crippen molar-refractivity contribution in [3.63, 3.8) is 0 Å². The minimum Gasteiger partial charge on any atom is -0.382 e. The summed E-state index contributed by atoms with van der Waals surface area (Å²) in [7, 11) is 0. The zero-order chi connectivity index (χ0) is 23.7. The van der Waals surface area contributed by atoms with Crippen LogP contribution in [0.25, 0.3) is 11.2 Å². The molecule has 2 unspecified atom stereocenters. The van der Waals surface area contributed by atoms with Gasteiger partial charge >= 0.3 is 0 Å². The minimum atomic E-state index is -0.540. The maximum atomic E-state index is 12.4. The monoisotopic (exact) mass is 484 g/mol. The molecule has 1 amide bonds. The summed E-state index contributed by atoms with van der Waals surface area (Å²) in [6.45, 7) is 6.26. The Balaban J connectivity index is 1.36. The van der Waals surface area contributed by atoms with Crippen LogP contribution in [0.15, 0.2) is 30.6 Å². The third-order valence-corrected chi connectivity index (χ3v) is 6.58. The van der Waals surface area contributed by atoms with Gasteiger partial charge in [-0.25, -0.2) is 4.98 Å². The lowest BCUT2D eigenvalue weighted by molar-refractivity contribution is -0.132. The fourth-order valence-corrected chi connectivity index (χ4v) is 4.74. The van der Waals surface area contributed by atoms with Crippen molar-refractivity contribution in [3.8, 4) is 0 Å². The third kappa shape index (κ3) is 4.60. The molecule has 0 saturated carbocycles. The van der Waals surface area contributed by atoms with Crippen LogP contribution >= 0.6 is 11.6 Å². The van der Waals surface area contributed by atoms with Crippen LogP contribution in [0, 0.1) is 0 Å². The van der Waals surface area contributed by atoms with Gasteiger partial charge in [-0.1, -0.05) is 0 Å². The molecule has 2 atom stereocenters. The van der Waals surface area contributed by atoms with E-state index < -0.39 is 5.38 Å². The molecule has 0 aliphatic carbocycles. The van der Waals surface area contributed by atoms with Gasteiger partial charge < -0.3 is 30.2 Å². The third-order valence-electron chi connectivity index (χ3n) is 6.39. The molecule has 0 bridgehead atoms. The minimum absolute atomic E-state index is 0.0483. The van der Waals surface area contributed by atoms with Gasteiger partial charge in [0, 0.05) is 37.6 Å². The number of halogens is 1. The highest BCUT2D eigenvalue weighted by molar-refractivity contribution is 6.30. The van der Waals surface area contributed by atoms with E-state index in [0.29, 0.717) is 36.0 Å². The predicted molar refractivity (Wildman–Crippen MR) is 133 cm³/mol. The molecule has 1 aromatic carbocycles. The number of aromatic nitrogens is 4. The smallest absolute Gasteiger partial charge is 0.240 e. The number of anilines is 4. The van der Waals surface area contributed by atoms with Crippen LogP contribution in [0.5, 0.6) is 0 Å². The van der Waals surface area contributed by atoms with Gasteiger partial charge in [-0.2, -0.15) is 9.97 Å². The Labute approximate surface area is 203 Å². The number of ether oxygens (including phenoxy) is 1. The summed E-state index contributed by atoms with van der Waals surface area (Å²) in [5, 5.41) is 2.72. The summed E-state index contributed by atoms with van der Waals surface area (Å²) in [5.41, 5.74) is 9.46. The predicted octanol–water partition coefficient (Wildman–Crippen LogP) is 2.78. The lowest BCUT2D eigenvalue weighted by Gasteiger charge is -2.34. The largest absolute Gasteiger partial charge is 0.382 e. The molecule has 2 aliphatic heterocycles. The molecular weight excluding hydrogens is 456 g/mol. The van der Waals surface area contributed by atoms with E-state index in [9.17, 15) is 4.79 Å². The number of alkyl halides is 1. The van der Waals surface area contributed by atoms with E-state index in [1.807, 2.05) is 21.6 Å². The first-order valence-electron chi connectivity index (χ1n) is 11.6. The summed E-state index contributed by atoms with van der Waals surface area (Å²) in [4.78, 5) is 30.1. The van der Waals surface area contributed by atoms with Crippen LogP contribution in [-0.2, 0) is 9.53 Å². The summed E-state index contributed by atoms with van der Waals surface area (Å²) in [5.74, 6) is 0.672. The number of nitrogens with zero attached hydrogens (tertiary/aromatic N) is 6. The first-order chi connectivity index (χ1) is 16.5. The van der Waals surface area contributed by atoms with Crippen LogP contribution in [0.1, 0.15) is 25.8 Å². The Hall–Kier alpha value is -3.11. The maximum Gasteiger partial charge on any atom is 0.240 e. The molecule has 0 spiro atoms. The number of hydrogen-bond donors (Lipinski definition) is 2. The summed E-state index contributed by atoms with van der Waals surface area (Å²) < 4.78 is 7.43. The van der Waals surface area contributed by atoms with Crippen molar-refractivity contribution in [1.82, 2.24) is 24.4 Å². The topological polar surface area (TPSA) is 114 Å². The average Bonchev–Trinajstić information content (AvgIpc) is 3.29. The number of morpholine rings is 1. The Morgan fingerprint density at radius 2 is 1.97 bits per heavy atom. The molecule has 2 saturated heterocycles. The highest BCUT2D eigenvalue weighted by Gasteiger charge is 2.28. The molecule has 5 rings (SSSR count). The van der Waals surface area contributed by atoms with Crippen molar-refractivity contribution in [1.29, 1.82) is 0 Å². The van der Waals surface area contributed by atoms with Crippen LogP contribution in [0.2, 0.25) is 0 Å². The van der Waals surface area contributed by atoms with Gasteiger partial charge in [0.05, 0.1) is 25.6 Å². The first-order valence-corrected chi connectivity index (χ1v) is 12.1. The van der Waals surface area contributed by atoms with E-state index in [4.69, 9.17) is 27.1 Å². The summed E-state index contributed by atoms with van der Waals surface area (Å²) >= 11 is 6.04. The number of rotatable bonds is 5. The van der Waals surface area contributed by atoms with Gasteiger partial charge in [-0.15, -0.1) is 11.6 Å². The van der Waals surface area contributed by atoms with Crippen molar-refractivity contribution >= 4 is 51.8 Å². The van der Waals surface area contributed by atoms with E-state index in [2.05, 4.69) is 32.3 Å². The number of benzene rings is 1. The lowest BCUT2D eigenvalue weighted by Crippen LogP contribution is -2.43. The van der Waals surface area contributed by atoms with Crippen molar-refractivity contribution < 1.29 is 9.53 Å². The number of amides is 1. The number of hydrogen-bond acceptors (Lipinski definition) is 8. The molecule has 11 heteroatoms. The number of carbonyl (C=O) groups excluding carboxylic acids is 1. The van der Waals surface area contributed by atoms with Gasteiger partial charge in [-0.3, -0.25) is 4.79 Å². The molecule has 2 aromatic heterocycles. The number of likely N-dealkylation sites (tertiary alicyclic amines) is 1. The van der Waals surface area contributed by atoms with E-state index in [-0.39, 0.29) is 11.9 Å². The van der Waals surface area contributed by atoms with E-state index in [1.165, 1.54) is 0 Å². The Morgan fingerprint density at radius 3 is 2.71 bits per heavy atom. The van der Waals surface area contributed by atoms with Crippen LogP contribution in [0.4, 0.5) is 23.1 Å². The molecule has 3 aromatic rings. The molecule has 2 aliphatic rings. The van der Waals surface area contributed by atoms with Crippen LogP contribution in [-0.4, -0.2) is 75.1 Å². The number of carbonyl (C=O) groups is 1. The molecule has 0 radical (unpaired) electrons. The molecular formula is C23H29ClN8O2. The summed E-state index contributed by atoms with van der Waals surface area (Å²) in [6, 6.07) is 8.21. The van der Waals surface area contributed by atoms with Crippen molar-refractivity contribution in [2.45, 2.75) is 31.2 Å². The second-order valence-electron chi connectivity index (χ2n) is 8.72. The Kier molecular flexibility index (Phi) is 6.42. The maximum absolute atomic E-state index is 12.4. The SMILES string of the molecule is CC(Cl)C(=O)N1CCCC(n2cnc3c(N)nc(Nc4ccc(N5CCOCC5)cc4)nc32)C1. The molecule has 2 fully saturated rings. The number of nitrogens with one attached hydrogen (secondary N) is 1. The van der Waals surface area contributed by atoms with E-state index in [1.54, 1.807) is 13.3 Å². The molecule has 180 valence electrons. The van der Waals surface area contributed by atoms with Gasteiger partial charge in [0.15, 0.2) is 11.5 Å². The second kappa shape index (κ2) is 9.63. The standard InChI is InChI=1S/C23H29ClN8O2/c1-15(24)22(33)31-8-2-3-18(13-31)32-14-26-19-20(25)28-23(29-21(19)32)27-16-4-6-17(7-5-16)30-9-11-34-12-10-30/h4-7,14-15,18H,2-3,8-13H2,1H3,(H3,25,27,28,29). The highest BCUT2D eigenvalue weighted by Crippen LogP contribution is 2.28. The van der Waals surface area contributed by atoms with Gasteiger partial charge in [0.1, 0.15) is 10.9 Å². The van der Waals surface area contributed by atoms with Gasteiger partial charge in [0.25, 0.3) is 0 Å². The quantitative estimate of drug-likeness (QED) is 0.531. The van der Waals surface area contributed by atoms with Crippen molar-refractivity contribution in [3.05, 3.63) is 30.6 Å². The Morgan fingerprint density at radius 1 is 1.21 bits per heavy atom. The van der Waals surface area contributed by atoms with E-state index >= 15 is 0 Å². The summed E-state index contributed by atoms with van der Waals surface area (Å²) in [6.07, 6.45) is 3.54. The number of nitrogen functional groups attached to an aromatic ring is 1. The zero-order valence-electron chi connectivity index (χ0n) is 19.2. The number of fused-ring (bicyclic) bond motifs is 1. The normalized spacial score (nSPS) is 19.9. The van der Waals surface area contributed by atoms with Crippen LogP contribution in [0.3, 0.4) is 0 Å². The first kappa shape index (κ1) is 22.7. The molecule has 3 N–H and O–H groups in total. The molecule has 10 nitrogen and oxygen atoms in total. The molecule has 4 heterocycles. The van der Waals surface area contributed by atoms with Crippen molar-refractivity contribution in [2.24, 2.45) is 0 Å². The zero-order valence-corrected chi connectivity index (χ0v) is 19.9. The highest BCUT2D eigenvalue weighted by atomic mass is 35.5.